The third-order valence-corrected chi connectivity index (χ3v) is 3.30. The number of hydrogen-bond donors (Lipinski definition) is 1. The Bertz CT molecular complexity index is 249. The lowest BCUT2D eigenvalue weighted by molar-refractivity contribution is -0.123. The van der Waals surface area contributed by atoms with Crippen LogP contribution in [0.25, 0.3) is 0 Å². The smallest absolute Gasteiger partial charge is 0.220 e. The standard InChI is InChI=1S/C15H29NO2/c1-5-13(4)11-15(18)16-10-8-6-7-9-14(17)12(2)3/h12-13H,5-11H2,1-4H3,(H,16,18). The first-order chi connectivity index (χ1) is 8.47. The number of rotatable bonds is 10. The van der Waals surface area contributed by atoms with Gasteiger partial charge in [-0.15, -0.1) is 0 Å². The van der Waals surface area contributed by atoms with Gasteiger partial charge in [-0.2, -0.15) is 0 Å². The highest BCUT2D eigenvalue weighted by molar-refractivity contribution is 5.80. The van der Waals surface area contributed by atoms with Gasteiger partial charge < -0.3 is 5.32 Å². The number of carbonyl (C=O) groups is 2. The molecule has 1 amide bonds. The molecule has 3 heteroatoms. The van der Waals surface area contributed by atoms with Gasteiger partial charge in [0.15, 0.2) is 0 Å². The zero-order valence-electron chi connectivity index (χ0n) is 12.4. The molecular formula is C15H29NO2. The summed E-state index contributed by atoms with van der Waals surface area (Å²) in [6.45, 7) is 8.82. The zero-order valence-corrected chi connectivity index (χ0v) is 12.4. The fourth-order valence-electron chi connectivity index (χ4n) is 1.65. The molecule has 18 heavy (non-hydrogen) atoms. The predicted octanol–water partition coefficient (Wildman–Crippen LogP) is 3.32. The molecule has 0 aromatic rings. The van der Waals surface area contributed by atoms with Crippen LogP contribution < -0.4 is 5.32 Å². The van der Waals surface area contributed by atoms with E-state index in [1.165, 1.54) is 0 Å². The highest BCUT2D eigenvalue weighted by Gasteiger charge is 2.07. The van der Waals surface area contributed by atoms with E-state index in [-0.39, 0.29) is 11.8 Å². The lowest BCUT2D eigenvalue weighted by Gasteiger charge is -2.09. The lowest BCUT2D eigenvalue weighted by Crippen LogP contribution is -2.25. The van der Waals surface area contributed by atoms with Gasteiger partial charge in [-0.1, -0.05) is 40.5 Å². The van der Waals surface area contributed by atoms with Gasteiger partial charge in [-0.3, -0.25) is 9.59 Å². The topological polar surface area (TPSA) is 46.2 Å². The number of ketones is 1. The monoisotopic (exact) mass is 255 g/mol. The highest BCUT2D eigenvalue weighted by atomic mass is 16.1. The van der Waals surface area contributed by atoms with Gasteiger partial charge in [-0.05, 0) is 18.8 Å². The first-order valence-corrected chi connectivity index (χ1v) is 7.26. The molecule has 0 radical (unpaired) electrons. The molecule has 0 spiro atoms. The molecule has 0 aromatic carbocycles. The van der Waals surface area contributed by atoms with E-state index in [4.69, 9.17) is 0 Å². The molecule has 1 unspecified atom stereocenters. The Morgan fingerprint density at radius 2 is 1.72 bits per heavy atom. The van der Waals surface area contributed by atoms with Gasteiger partial charge in [-0.25, -0.2) is 0 Å². The van der Waals surface area contributed by atoms with E-state index in [9.17, 15) is 9.59 Å². The molecular weight excluding hydrogens is 226 g/mol. The molecule has 0 saturated carbocycles. The van der Waals surface area contributed by atoms with Gasteiger partial charge in [0.2, 0.25) is 5.91 Å². The average molecular weight is 255 g/mol. The van der Waals surface area contributed by atoms with Crippen LogP contribution in [-0.4, -0.2) is 18.2 Å². The van der Waals surface area contributed by atoms with E-state index in [1.807, 2.05) is 13.8 Å². The van der Waals surface area contributed by atoms with E-state index >= 15 is 0 Å². The van der Waals surface area contributed by atoms with E-state index in [2.05, 4.69) is 19.2 Å². The molecule has 106 valence electrons. The van der Waals surface area contributed by atoms with Crippen LogP contribution in [0.15, 0.2) is 0 Å². The van der Waals surface area contributed by atoms with Crippen molar-refractivity contribution in [2.45, 2.75) is 66.2 Å². The zero-order chi connectivity index (χ0) is 14.0. The van der Waals surface area contributed by atoms with E-state index in [1.54, 1.807) is 0 Å². The van der Waals surface area contributed by atoms with E-state index < -0.39 is 0 Å². The van der Waals surface area contributed by atoms with Crippen molar-refractivity contribution in [1.29, 1.82) is 0 Å². The van der Waals surface area contributed by atoms with Crippen molar-refractivity contribution < 1.29 is 9.59 Å². The Morgan fingerprint density at radius 1 is 1.06 bits per heavy atom. The lowest BCUT2D eigenvalue weighted by atomic mass is 10.0. The van der Waals surface area contributed by atoms with Crippen LogP contribution in [0.1, 0.15) is 66.2 Å². The summed E-state index contributed by atoms with van der Waals surface area (Å²) in [6.07, 6.45) is 5.28. The van der Waals surface area contributed by atoms with Crippen LogP contribution in [0.3, 0.4) is 0 Å². The number of hydrogen-bond acceptors (Lipinski definition) is 2. The van der Waals surface area contributed by atoms with Crippen LogP contribution >= 0.6 is 0 Å². The normalized spacial score (nSPS) is 12.5. The fraction of sp³-hybridized carbons (Fsp3) is 0.867. The summed E-state index contributed by atoms with van der Waals surface area (Å²) in [5, 5.41) is 2.93. The van der Waals surface area contributed by atoms with Gasteiger partial charge in [0.05, 0.1) is 0 Å². The van der Waals surface area contributed by atoms with Crippen molar-refractivity contribution in [2.75, 3.05) is 6.54 Å². The largest absolute Gasteiger partial charge is 0.356 e. The van der Waals surface area contributed by atoms with Crippen LogP contribution in [0.4, 0.5) is 0 Å². The van der Waals surface area contributed by atoms with Crippen LogP contribution in [0.2, 0.25) is 0 Å². The Labute approximate surface area is 112 Å². The number of nitrogens with one attached hydrogen (secondary N) is 1. The maximum Gasteiger partial charge on any atom is 0.220 e. The van der Waals surface area contributed by atoms with Crippen molar-refractivity contribution in [1.82, 2.24) is 5.32 Å². The Hall–Kier alpha value is -0.860. The van der Waals surface area contributed by atoms with Crippen LogP contribution in [0.5, 0.6) is 0 Å². The van der Waals surface area contributed by atoms with Crippen molar-refractivity contribution >= 4 is 11.7 Å². The van der Waals surface area contributed by atoms with E-state index in [0.717, 1.165) is 32.2 Å². The van der Waals surface area contributed by atoms with Gasteiger partial charge in [0, 0.05) is 25.3 Å². The second-order valence-corrected chi connectivity index (χ2v) is 5.50. The second-order valence-electron chi connectivity index (χ2n) is 5.50. The third kappa shape index (κ3) is 9.20. The van der Waals surface area contributed by atoms with Gasteiger partial charge in [0.25, 0.3) is 0 Å². The Kier molecular flexibility index (Phi) is 9.62. The summed E-state index contributed by atoms with van der Waals surface area (Å²) in [5.41, 5.74) is 0. The summed E-state index contributed by atoms with van der Waals surface area (Å²) in [5.74, 6) is 1.12. The number of carbonyl (C=O) groups excluding carboxylic acids is 2. The Morgan fingerprint density at radius 3 is 2.28 bits per heavy atom. The molecule has 0 fully saturated rings. The SMILES string of the molecule is CCC(C)CC(=O)NCCCCCC(=O)C(C)C. The number of amides is 1. The minimum Gasteiger partial charge on any atom is -0.356 e. The maximum atomic E-state index is 11.5. The molecule has 0 rings (SSSR count). The summed E-state index contributed by atoms with van der Waals surface area (Å²) in [6, 6.07) is 0. The third-order valence-electron chi connectivity index (χ3n) is 3.30. The summed E-state index contributed by atoms with van der Waals surface area (Å²) >= 11 is 0. The van der Waals surface area contributed by atoms with Crippen LogP contribution in [0, 0.1) is 11.8 Å². The molecule has 0 saturated heterocycles. The highest BCUT2D eigenvalue weighted by Crippen LogP contribution is 2.07. The molecule has 0 heterocycles. The van der Waals surface area contributed by atoms with Crippen molar-refractivity contribution in [2.24, 2.45) is 11.8 Å². The molecule has 3 nitrogen and oxygen atoms in total. The summed E-state index contributed by atoms with van der Waals surface area (Å²) < 4.78 is 0. The molecule has 0 aliphatic heterocycles. The first kappa shape index (κ1) is 17.1. The van der Waals surface area contributed by atoms with Crippen molar-refractivity contribution in [3.05, 3.63) is 0 Å². The molecule has 1 atom stereocenters. The fourth-order valence-corrected chi connectivity index (χ4v) is 1.65. The van der Waals surface area contributed by atoms with Gasteiger partial charge in [0.1, 0.15) is 5.78 Å². The predicted molar refractivity (Wildman–Crippen MR) is 75.4 cm³/mol. The van der Waals surface area contributed by atoms with E-state index in [0.29, 0.717) is 24.5 Å². The molecule has 0 aromatic heterocycles. The number of unbranched alkanes of at least 4 members (excludes halogenated alkanes) is 2. The van der Waals surface area contributed by atoms with Crippen molar-refractivity contribution in [3.8, 4) is 0 Å². The quantitative estimate of drug-likeness (QED) is 0.609. The molecule has 0 aliphatic carbocycles. The number of Topliss-reactive ketones (excluding diaryl/α,β-unsaturated/α-hetero) is 1. The van der Waals surface area contributed by atoms with Crippen molar-refractivity contribution in [3.63, 3.8) is 0 Å². The minimum absolute atomic E-state index is 0.153. The summed E-state index contributed by atoms with van der Waals surface area (Å²) in [7, 11) is 0. The second kappa shape index (κ2) is 10.1. The first-order valence-electron chi connectivity index (χ1n) is 7.26. The Balaban J connectivity index is 3.40. The average Bonchev–Trinajstić information content (AvgIpc) is 2.32. The molecule has 0 bridgehead atoms. The van der Waals surface area contributed by atoms with Crippen LogP contribution in [-0.2, 0) is 9.59 Å². The molecule has 1 N–H and O–H groups in total. The molecule has 0 aliphatic rings. The van der Waals surface area contributed by atoms with Gasteiger partial charge >= 0.3 is 0 Å². The summed E-state index contributed by atoms with van der Waals surface area (Å²) in [4.78, 5) is 22.8. The maximum absolute atomic E-state index is 11.5. The minimum atomic E-state index is 0.153.